The SMILES string of the molecule is ClCCOCCSc1ccc(Br)cc1. The van der Waals surface area contributed by atoms with Crippen LogP contribution in [0.25, 0.3) is 0 Å². The summed E-state index contributed by atoms with van der Waals surface area (Å²) in [7, 11) is 0. The molecule has 78 valence electrons. The lowest BCUT2D eigenvalue weighted by molar-refractivity contribution is 0.166. The van der Waals surface area contributed by atoms with Crippen molar-refractivity contribution < 1.29 is 4.74 Å². The van der Waals surface area contributed by atoms with Crippen molar-refractivity contribution in [2.75, 3.05) is 24.8 Å². The van der Waals surface area contributed by atoms with Crippen molar-refractivity contribution in [3.05, 3.63) is 28.7 Å². The van der Waals surface area contributed by atoms with E-state index in [9.17, 15) is 0 Å². The van der Waals surface area contributed by atoms with Gasteiger partial charge in [-0.1, -0.05) is 15.9 Å². The van der Waals surface area contributed by atoms with Crippen molar-refractivity contribution in [2.45, 2.75) is 4.90 Å². The number of halogens is 2. The molecule has 0 amide bonds. The molecule has 0 aliphatic rings. The molecule has 0 bridgehead atoms. The van der Waals surface area contributed by atoms with Crippen LogP contribution in [0.4, 0.5) is 0 Å². The summed E-state index contributed by atoms with van der Waals surface area (Å²) in [4.78, 5) is 1.27. The average Bonchev–Trinajstić information content (AvgIpc) is 2.21. The minimum Gasteiger partial charge on any atom is -0.379 e. The lowest BCUT2D eigenvalue weighted by atomic mass is 10.4. The van der Waals surface area contributed by atoms with Gasteiger partial charge in [-0.25, -0.2) is 0 Å². The molecular formula is C10H12BrClOS. The van der Waals surface area contributed by atoms with E-state index in [1.54, 1.807) is 11.8 Å². The summed E-state index contributed by atoms with van der Waals surface area (Å²) in [6.07, 6.45) is 0. The third-order valence-electron chi connectivity index (χ3n) is 1.53. The summed E-state index contributed by atoms with van der Waals surface area (Å²) in [6, 6.07) is 8.27. The van der Waals surface area contributed by atoms with Crippen LogP contribution in [0.3, 0.4) is 0 Å². The first-order chi connectivity index (χ1) is 6.83. The minimum atomic E-state index is 0.572. The van der Waals surface area contributed by atoms with Gasteiger partial charge in [0.2, 0.25) is 0 Å². The Balaban J connectivity index is 2.15. The first kappa shape index (κ1) is 12.4. The fourth-order valence-electron chi connectivity index (χ4n) is 0.906. The number of rotatable bonds is 6. The predicted molar refractivity (Wildman–Crippen MR) is 66.4 cm³/mol. The third kappa shape index (κ3) is 5.25. The Morgan fingerprint density at radius 1 is 1.21 bits per heavy atom. The van der Waals surface area contributed by atoms with Crippen LogP contribution in [0.2, 0.25) is 0 Å². The van der Waals surface area contributed by atoms with E-state index in [-0.39, 0.29) is 0 Å². The molecule has 1 aromatic carbocycles. The number of ether oxygens (including phenoxy) is 1. The van der Waals surface area contributed by atoms with Crippen molar-refractivity contribution in [3.8, 4) is 0 Å². The molecule has 0 aliphatic heterocycles. The Labute approximate surface area is 102 Å². The molecule has 1 rings (SSSR count). The van der Waals surface area contributed by atoms with E-state index in [0.717, 1.165) is 16.8 Å². The highest BCUT2D eigenvalue weighted by Crippen LogP contribution is 2.20. The highest BCUT2D eigenvalue weighted by Gasteiger charge is 1.94. The Morgan fingerprint density at radius 2 is 1.93 bits per heavy atom. The molecule has 1 nitrogen and oxygen atoms in total. The number of hydrogen-bond donors (Lipinski definition) is 0. The topological polar surface area (TPSA) is 9.23 Å². The molecule has 4 heteroatoms. The maximum atomic E-state index is 5.48. The van der Waals surface area contributed by atoms with Gasteiger partial charge in [0.25, 0.3) is 0 Å². The largest absolute Gasteiger partial charge is 0.379 e. The summed E-state index contributed by atoms with van der Waals surface area (Å²) in [5.74, 6) is 1.54. The van der Waals surface area contributed by atoms with Crippen LogP contribution >= 0.6 is 39.3 Å². The predicted octanol–water partition coefficient (Wildman–Crippen LogP) is 3.80. The first-order valence-corrected chi connectivity index (χ1v) is 6.66. The summed E-state index contributed by atoms with van der Waals surface area (Å²) in [5, 5.41) is 0. The summed E-state index contributed by atoms with van der Waals surface area (Å²) < 4.78 is 6.38. The van der Waals surface area contributed by atoms with E-state index >= 15 is 0 Å². The molecule has 0 radical (unpaired) electrons. The second-order valence-electron chi connectivity index (χ2n) is 2.60. The average molecular weight is 296 g/mol. The van der Waals surface area contributed by atoms with Crippen molar-refractivity contribution >= 4 is 39.3 Å². The highest BCUT2D eigenvalue weighted by atomic mass is 79.9. The molecule has 0 saturated heterocycles. The van der Waals surface area contributed by atoms with Crippen LogP contribution in [0.15, 0.2) is 33.6 Å². The molecule has 0 saturated carbocycles. The molecular weight excluding hydrogens is 284 g/mol. The normalized spacial score (nSPS) is 10.4. The van der Waals surface area contributed by atoms with Crippen LogP contribution in [0, 0.1) is 0 Å². The molecule has 0 heterocycles. The summed E-state index contributed by atoms with van der Waals surface area (Å²) in [6.45, 7) is 1.40. The zero-order chi connectivity index (χ0) is 10.2. The standard InChI is InChI=1S/C10H12BrClOS/c11-9-1-3-10(4-2-9)14-8-7-13-6-5-12/h1-4H,5-8H2. The highest BCUT2D eigenvalue weighted by molar-refractivity contribution is 9.10. The maximum Gasteiger partial charge on any atom is 0.0602 e. The Kier molecular flexibility index (Phi) is 6.69. The van der Waals surface area contributed by atoms with E-state index in [0.29, 0.717) is 12.5 Å². The van der Waals surface area contributed by atoms with E-state index < -0.39 is 0 Å². The number of hydrogen-bond acceptors (Lipinski definition) is 2. The molecule has 0 atom stereocenters. The summed E-state index contributed by atoms with van der Waals surface area (Å²) >= 11 is 10.7. The van der Waals surface area contributed by atoms with Gasteiger partial charge >= 0.3 is 0 Å². The fraction of sp³-hybridized carbons (Fsp3) is 0.400. The number of thioether (sulfide) groups is 1. The van der Waals surface area contributed by atoms with Crippen molar-refractivity contribution in [1.29, 1.82) is 0 Å². The monoisotopic (exact) mass is 294 g/mol. The van der Waals surface area contributed by atoms with Crippen LogP contribution in [0.5, 0.6) is 0 Å². The van der Waals surface area contributed by atoms with Gasteiger partial charge in [0, 0.05) is 21.0 Å². The molecule has 0 N–H and O–H groups in total. The van der Waals surface area contributed by atoms with Crippen LogP contribution < -0.4 is 0 Å². The van der Waals surface area contributed by atoms with Crippen LogP contribution in [-0.2, 0) is 4.74 Å². The van der Waals surface area contributed by atoms with Crippen LogP contribution in [0.1, 0.15) is 0 Å². The van der Waals surface area contributed by atoms with Crippen molar-refractivity contribution in [2.24, 2.45) is 0 Å². The van der Waals surface area contributed by atoms with E-state index in [1.165, 1.54) is 4.90 Å². The smallest absolute Gasteiger partial charge is 0.0602 e. The van der Waals surface area contributed by atoms with E-state index in [1.807, 2.05) is 12.1 Å². The Hall–Kier alpha value is 0.300. The lowest BCUT2D eigenvalue weighted by Gasteiger charge is -2.02. The second kappa shape index (κ2) is 7.57. The Morgan fingerprint density at radius 3 is 2.57 bits per heavy atom. The van der Waals surface area contributed by atoms with Gasteiger partial charge in [0.15, 0.2) is 0 Å². The quantitative estimate of drug-likeness (QED) is 0.448. The second-order valence-corrected chi connectivity index (χ2v) is 5.07. The van der Waals surface area contributed by atoms with Gasteiger partial charge in [0.05, 0.1) is 13.2 Å². The van der Waals surface area contributed by atoms with Gasteiger partial charge in [-0.2, -0.15) is 0 Å². The Bertz CT molecular complexity index is 253. The summed E-state index contributed by atoms with van der Waals surface area (Å²) in [5.41, 5.74) is 0. The maximum absolute atomic E-state index is 5.48. The molecule has 0 fully saturated rings. The van der Waals surface area contributed by atoms with E-state index in [4.69, 9.17) is 16.3 Å². The van der Waals surface area contributed by atoms with Gasteiger partial charge in [-0.05, 0) is 24.3 Å². The molecule has 1 aromatic rings. The zero-order valence-electron chi connectivity index (χ0n) is 7.71. The first-order valence-electron chi connectivity index (χ1n) is 4.35. The fourth-order valence-corrected chi connectivity index (χ4v) is 2.04. The van der Waals surface area contributed by atoms with Gasteiger partial charge in [0.1, 0.15) is 0 Å². The molecule has 0 aliphatic carbocycles. The zero-order valence-corrected chi connectivity index (χ0v) is 10.9. The van der Waals surface area contributed by atoms with E-state index in [2.05, 4.69) is 28.1 Å². The van der Waals surface area contributed by atoms with Gasteiger partial charge < -0.3 is 4.74 Å². The lowest BCUT2D eigenvalue weighted by Crippen LogP contribution is -1.99. The molecule has 0 aromatic heterocycles. The van der Waals surface area contributed by atoms with Gasteiger partial charge in [-0.3, -0.25) is 0 Å². The molecule has 14 heavy (non-hydrogen) atoms. The van der Waals surface area contributed by atoms with Crippen molar-refractivity contribution in [3.63, 3.8) is 0 Å². The third-order valence-corrected chi connectivity index (χ3v) is 3.19. The molecule has 0 unspecified atom stereocenters. The number of benzene rings is 1. The van der Waals surface area contributed by atoms with Gasteiger partial charge in [-0.15, -0.1) is 23.4 Å². The van der Waals surface area contributed by atoms with Crippen LogP contribution in [-0.4, -0.2) is 24.8 Å². The van der Waals surface area contributed by atoms with Crippen molar-refractivity contribution in [1.82, 2.24) is 0 Å². The minimum absolute atomic E-state index is 0.572. The number of alkyl halides is 1. The molecule has 0 spiro atoms.